The molecule has 10 heteroatoms. The standard InChI is InChI=1S/C24H22N8O2/c1-30-13-26-22-21(30)23(33)32(14-27-22)11-20-28-19(29-34-20)8-24-7-17(24)10-31(12-24)18-3-2-15-4-5-25-9-16(15)6-18/h2-6,9,13-14,17H,7-8,10-12H2,1H3/t17-,24+/m0/s1. The zero-order valence-electron chi connectivity index (χ0n) is 18.6. The lowest BCUT2D eigenvalue weighted by Gasteiger charge is -2.23. The number of rotatable bonds is 5. The van der Waals surface area contributed by atoms with Crippen molar-refractivity contribution in [2.24, 2.45) is 18.4 Å². The number of benzene rings is 1. The lowest BCUT2D eigenvalue weighted by Crippen LogP contribution is -2.25. The average molecular weight is 454 g/mol. The number of hydrogen-bond acceptors (Lipinski definition) is 8. The maximum atomic E-state index is 12.8. The second kappa shape index (κ2) is 6.96. The molecule has 34 heavy (non-hydrogen) atoms. The zero-order valence-corrected chi connectivity index (χ0v) is 18.6. The van der Waals surface area contributed by atoms with E-state index in [0.29, 0.717) is 28.8 Å². The number of nitrogens with zero attached hydrogens (tertiary/aromatic N) is 8. The minimum absolute atomic E-state index is 0.178. The number of aryl methyl sites for hydroxylation is 1. The summed E-state index contributed by atoms with van der Waals surface area (Å²) in [5, 5.41) is 6.58. The van der Waals surface area contributed by atoms with E-state index in [-0.39, 0.29) is 17.5 Å². The molecule has 2 fully saturated rings. The largest absolute Gasteiger partial charge is 0.371 e. The number of hydrogen-bond donors (Lipinski definition) is 0. The smallest absolute Gasteiger partial charge is 0.280 e. The summed E-state index contributed by atoms with van der Waals surface area (Å²) in [6.07, 6.45) is 8.76. The van der Waals surface area contributed by atoms with Gasteiger partial charge in [0.25, 0.3) is 5.56 Å². The first kappa shape index (κ1) is 19.4. The molecular weight excluding hydrogens is 432 g/mol. The molecule has 7 rings (SSSR count). The van der Waals surface area contributed by atoms with Crippen LogP contribution in [0.3, 0.4) is 0 Å². The molecule has 0 unspecified atom stereocenters. The van der Waals surface area contributed by atoms with Crippen LogP contribution in [0.15, 0.2) is 58.6 Å². The van der Waals surface area contributed by atoms with Crippen molar-refractivity contribution in [2.45, 2.75) is 19.4 Å². The summed E-state index contributed by atoms with van der Waals surface area (Å²) in [4.78, 5) is 32.5. The Balaban J connectivity index is 1.08. The predicted octanol–water partition coefficient (Wildman–Crippen LogP) is 2.18. The third-order valence-electron chi connectivity index (χ3n) is 7.32. The Morgan fingerprint density at radius 2 is 2.09 bits per heavy atom. The van der Waals surface area contributed by atoms with Gasteiger partial charge in [0.2, 0.25) is 5.89 Å². The van der Waals surface area contributed by atoms with Crippen LogP contribution in [0.2, 0.25) is 0 Å². The van der Waals surface area contributed by atoms with E-state index < -0.39 is 0 Å². The summed E-state index contributed by atoms with van der Waals surface area (Å²) in [5.41, 5.74) is 2.14. The van der Waals surface area contributed by atoms with Crippen LogP contribution in [-0.4, -0.2) is 47.3 Å². The van der Waals surface area contributed by atoms with Crippen LogP contribution in [0.4, 0.5) is 5.69 Å². The predicted molar refractivity (Wildman–Crippen MR) is 124 cm³/mol. The minimum Gasteiger partial charge on any atom is -0.371 e. The highest BCUT2D eigenvalue weighted by Gasteiger charge is 2.60. The molecule has 5 heterocycles. The SMILES string of the molecule is Cn1cnc2ncn(Cc3nc(C[C@@]45C[C@H]4CN(c4ccc6ccncc6c4)C5)no3)c(=O)c21. The first-order chi connectivity index (χ1) is 16.6. The Labute approximate surface area is 193 Å². The van der Waals surface area contributed by atoms with E-state index in [1.807, 2.05) is 18.5 Å². The van der Waals surface area contributed by atoms with Gasteiger partial charge in [-0.05, 0) is 41.3 Å². The van der Waals surface area contributed by atoms with E-state index in [1.54, 1.807) is 17.9 Å². The second-order valence-electron chi connectivity index (χ2n) is 9.54. The van der Waals surface area contributed by atoms with E-state index in [4.69, 9.17) is 4.52 Å². The average Bonchev–Trinajstić information content (AvgIpc) is 3.19. The number of piperidine rings is 1. The zero-order chi connectivity index (χ0) is 22.9. The van der Waals surface area contributed by atoms with Gasteiger partial charge in [0.1, 0.15) is 12.9 Å². The van der Waals surface area contributed by atoms with Crippen molar-refractivity contribution in [1.82, 2.24) is 34.2 Å². The fourth-order valence-electron chi connectivity index (χ4n) is 5.40. The number of fused-ring (bicyclic) bond motifs is 3. The van der Waals surface area contributed by atoms with Crippen LogP contribution in [-0.2, 0) is 20.0 Å². The van der Waals surface area contributed by atoms with Crippen LogP contribution in [0.25, 0.3) is 21.9 Å². The summed E-state index contributed by atoms with van der Waals surface area (Å²) in [7, 11) is 1.78. The molecule has 1 saturated heterocycles. The molecule has 2 atom stereocenters. The molecule has 5 aromatic rings. The van der Waals surface area contributed by atoms with Crippen molar-refractivity contribution in [3.05, 3.63) is 71.4 Å². The molecule has 1 aliphatic carbocycles. The van der Waals surface area contributed by atoms with Crippen molar-refractivity contribution in [3.8, 4) is 0 Å². The van der Waals surface area contributed by atoms with E-state index in [1.165, 1.54) is 28.4 Å². The fourth-order valence-corrected chi connectivity index (χ4v) is 5.40. The van der Waals surface area contributed by atoms with Gasteiger partial charge in [-0.25, -0.2) is 9.97 Å². The maximum absolute atomic E-state index is 12.8. The highest BCUT2D eigenvalue weighted by molar-refractivity contribution is 5.85. The first-order valence-corrected chi connectivity index (χ1v) is 11.3. The molecule has 0 amide bonds. The van der Waals surface area contributed by atoms with Gasteiger partial charge in [0, 0.05) is 50.0 Å². The Morgan fingerprint density at radius 1 is 1.18 bits per heavy atom. The quantitative estimate of drug-likeness (QED) is 0.398. The third kappa shape index (κ3) is 3.01. The van der Waals surface area contributed by atoms with Crippen LogP contribution in [0.1, 0.15) is 18.1 Å². The molecular formula is C24H22N8O2. The van der Waals surface area contributed by atoms with Crippen LogP contribution >= 0.6 is 0 Å². The molecule has 0 radical (unpaired) electrons. The summed E-state index contributed by atoms with van der Waals surface area (Å²) in [6.45, 7) is 2.21. The highest BCUT2D eigenvalue weighted by atomic mass is 16.5. The first-order valence-electron chi connectivity index (χ1n) is 11.3. The van der Waals surface area contributed by atoms with Gasteiger partial charge in [0.15, 0.2) is 17.0 Å². The van der Waals surface area contributed by atoms with Gasteiger partial charge in [-0.15, -0.1) is 0 Å². The van der Waals surface area contributed by atoms with Gasteiger partial charge < -0.3 is 14.0 Å². The van der Waals surface area contributed by atoms with Gasteiger partial charge in [-0.2, -0.15) is 4.98 Å². The van der Waals surface area contributed by atoms with Crippen molar-refractivity contribution < 1.29 is 4.52 Å². The van der Waals surface area contributed by atoms with E-state index >= 15 is 0 Å². The fraction of sp³-hybridized carbons (Fsp3) is 0.333. The monoisotopic (exact) mass is 454 g/mol. The van der Waals surface area contributed by atoms with Crippen molar-refractivity contribution in [2.75, 3.05) is 18.0 Å². The van der Waals surface area contributed by atoms with E-state index in [0.717, 1.165) is 24.9 Å². The van der Waals surface area contributed by atoms with Gasteiger partial charge in [-0.1, -0.05) is 11.2 Å². The van der Waals surface area contributed by atoms with Gasteiger partial charge in [-0.3, -0.25) is 14.3 Å². The molecule has 0 N–H and O–H groups in total. The van der Waals surface area contributed by atoms with E-state index in [2.05, 4.69) is 48.2 Å². The number of imidazole rings is 1. The normalized spacial score (nSPS) is 21.4. The minimum atomic E-state index is -0.178. The maximum Gasteiger partial charge on any atom is 0.280 e. The Hall–Kier alpha value is -4.08. The molecule has 4 aromatic heterocycles. The number of anilines is 1. The van der Waals surface area contributed by atoms with E-state index in [9.17, 15) is 4.79 Å². The molecule has 1 aliphatic heterocycles. The topological polar surface area (TPSA) is 108 Å². The molecule has 1 aromatic carbocycles. The van der Waals surface area contributed by atoms with Crippen molar-refractivity contribution in [1.29, 1.82) is 0 Å². The summed E-state index contributed by atoms with van der Waals surface area (Å²) in [6, 6.07) is 8.61. The molecule has 0 bridgehead atoms. The molecule has 2 aliphatic rings. The summed E-state index contributed by atoms with van der Waals surface area (Å²) >= 11 is 0. The van der Waals surface area contributed by atoms with Crippen LogP contribution < -0.4 is 10.5 Å². The number of aromatic nitrogens is 7. The van der Waals surface area contributed by atoms with Crippen LogP contribution in [0.5, 0.6) is 0 Å². The van der Waals surface area contributed by atoms with Gasteiger partial charge >= 0.3 is 0 Å². The molecule has 0 spiro atoms. The Morgan fingerprint density at radius 3 is 3.03 bits per heavy atom. The lowest BCUT2D eigenvalue weighted by molar-refractivity contribution is 0.360. The molecule has 10 nitrogen and oxygen atoms in total. The lowest BCUT2D eigenvalue weighted by atomic mass is 10.0. The summed E-state index contributed by atoms with van der Waals surface area (Å²) < 4.78 is 8.64. The third-order valence-corrected chi connectivity index (χ3v) is 7.32. The highest BCUT2D eigenvalue weighted by Crippen LogP contribution is 2.60. The molecule has 1 saturated carbocycles. The van der Waals surface area contributed by atoms with Crippen molar-refractivity contribution in [3.63, 3.8) is 0 Å². The molecule has 170 valence electrons. The summed E-state index contributed by atoms with van der Waals surface area (Å²) in [5.74, 6) is 1.74. The van der Waals surface area contributed by atoms with Gasteiger partial charge in [0.05, 0.1) is 6.33 Å². The Bertz CT molecular complexity index is 1620. The second-order valence-corrected chi connectivity index (χ2v) is 9.54. The van der Waals surface area contributed by atoms with Crippen LogP contribution in [0, 0.1) is 11.3 Å². The van der Waals surface area contributed by atoms with Crippen molar-refractivity contribution >= 4 is 27.6 Å². The Kier molecular flexibility index (Phi) is 3.97. The number of pyridine rings is 1.